The molecule has 4 heteroatoms. The number of nitrogens with one attached hydrogen (secondary N) is 1. The predicted molar refractivity (Wildman–Crippen MR) is 78.5 cm³/mol. The maximum atomic E-state index is 12.0. The standard InChI is InChI=1S/C13H15IN2O/c1-4-12(8(2)3)16-13(17)9-5-10(14)7-11(15)6-9/h1,5-8,12H,15H2,2-3H3,(H,16,17). The first-order chi connectivity index (χ1) is 7.93. The summed E-state index contributed by atoms with van der Waals surface area (Å²) in [6, 6.07) is 4.96. The first-order valence-electron chi connectivity index (χ1n) is 5.27. The first kappa shape index (κ1) is 13.8. The highest BCUT2D eigenvalue weighted by atomic mass is 127. The Morgan fingerprint density at radius 2 is 2.12 bits per heavy atom. The Bertz CT molecular complexity index is 443. The third-order valence-corrected chi connectivity index (χ3v) is 2.94. The normalized spacial score (nSPS) is 11.9. The van der Waals surface area contributed by atoms with Gasteiger partial charge in [0.15, 0.2) is 0 Å². The van der Waals surface area contributed by atoms with Crippen molar-refractivity contribution in [2.75, 3.05) is 5.73 Å². The van der Waals surface area contributed by atoms with E-state index in [1.54, 1.807) is 18.2 Å². The fourth-order valence-electron chi connectivity index (χ4n) is 1.37. The molecule has 17 heavy (non-hydrogen) atoms. The molecule has 1 rings (SSSR count). The van der Waals surface area contributed by atoms with Crippen LogP contribution in [-0.4, -0.2) is 11.9 Å². The minimum atomic E-state index is -0.262. The Morgan fingerprint density at radius 3 is 2.59 bits per heavy atom. The van der Waals surface area contributed by atoms with Crippen molar-refractivity contribution in [1.29, 1.82) is 0 Å². The fraction of sp³-hybridized carbons (Fsp3) is 0.308. The predicted octanol–water partition coefficient (Wildman–Crippen LogP) is 2.26. The van der Waals surface area contributed by atoms with Crippen LogP contribution in [0, 0.1) is 21.8 Å². The van der Waals surface area contributed by atoms with Crippen LogP contribution in [0.2, 0.25) is 0 Å². The van der Waals surface area contributed by atoms with Crippen molar-refractivity contribution in [1.82, 2.24) is 5.32 Å². The summed E-state index contributed by atoms with van der Waals surface area (Å²) in [4.78, 5) is 12.0. The SMILES string of the molecule is C#CC(NC(=O)c1cc(N)cc(I)c1)C(C)C. The second kappa shape index (κ2) is 5.92. The number of carbonyl (C=O) groups excluding carboxylic acids is 1. The average Bonchev–Trinajstić information content (AvgIpc) is 2.23. The molecule has 0 spiro atoms. The van der Waals surface area contributed by atoms with Crippen molar-refractivity contribution in [3.8, 4) is 12.3 Å². The van der Waals surface area contributed by atoms with Crippen LogP contribution in [0.5, 0.6) is 0 Å². The van der Waals surface area contributed by atoms with Gasteiger partial charge >= 0.3 is 0 Å². The van der Waals surface area contributed by atoms with E-state index in [9.17, 15) is 4.79 Å². The Morgan fingerprint density at radius 1 is 1.47 bits per heavy atom. The number of nitrogen functional groups attached to an aromatic ring is 1. The zero-order chi connectivity index (χ0) is 13.0. The molecule has 3 N–H and O–H groups in total. The van der Waals surface area contributed by atoms with Gasteiger partial charge in [-0.3, -0.25) is 4.79 Å². The van der Waals surface area contributed by atoms with Crippen LogP contribution in [0.25, 0.3) is 0 Å². The van der Waals surface area contributed by atoms with E-state index in [0.29, 0.717) is 11.3 Å². The highest BCUT2D eigenvalue weighted by molar-refractivity contribution is 14.1. The van der Waals surface area contributed by atoms with Gasteiger partial charge in [-0.1, -0.05) is 19.8 Å². The minimum absolute atomic E-state index is 0.188. The fourth-order valence-corrected chi connectivity index (χ4v) is 2.06. The van der Waals surface area contributed by atoms with E-state index < -0.39 is 0 Å². The van der Waals surface area contributed by atoms with Crippen molar-refractivity contribution >= 4 is 34.2 Å². The summed E-state index contributed by atoms with van der Waals surface area (Å²) >= 11 is 2.12. The lowest BCUT2D eigenvalue weighted by Crippen LogP contribution is -2.37. The number of anilines is 1. The van der Waals surface area contributed by atoms with Gasteiger partial charge in [-0.2, -0.15) is 0 Å². The van der Waals surface area contributed by atoms with Gasteiger partial charge in [0, 0.05) is 14.8 Å². The van der Waals surface area contributed by atoms with E-state index in [-0.39, 0.29) is 17.9 Å². The highest BCUT2D eigenvalue weighted by Crippen LogP contribution is 2.14. The summed E-state index contributed by atoms with van der Waals surface area (Å²) in [6.07, 6.45) is 5.37. The summed E-state index contributed by atoms with van der Waals surface area (Å²) in [6.45, 7) is 3.93. The van der Waals surface area contributed by atoms with Gasteiger partial charge < -0.3 is 11.1 Å². The molecule has 1 amide bonds. The molecule has 0 radical (unpaired) electrons. The number of hydrogen-bond donors (Lipinski definition) is 2. The quantitative estimate of drug-likeness (QED) is 0.503. The van der Waals surface area contributed by atoms with Crippen LogP contribution in [0.4, 0.5) is 5.69 Å². The molecule has 1 aromatic rings. The Hall–Kier alpha value is -1.22. The lowest BCUT2D eigenvalue weighted by atomic mass is 10.0. The second-order valence-electron chi connectivity index (χ2n) is 4.14. The van der Waals surface area contributed by atoms with Crippen LogP contribution < -0.4 is 11.1 Å². The van der Waals surface area contributed by atoms with E-state index in [0.717, 1.165) is 3.57 Å². The Labute approximate surface area is 115 Å². The summed E-state index contributed by atoms with van der Waals surface area (Å²) < 4.78 is 0.926. The highest BCUT2D eigenvalue weighted by Gasteiger charge is 2.15. The van der Waals surface area contributed by atoms with Crippen molar-refractivity contribution < 1.29 is 4.79 Å². The lowest BCUT2D eigenvalue weighted by molar-refractivity contribution is 0.0938. The molecule has 3 nitrogen and oxygen atoms in total. The van der Waals surface area contributed by atoms with E-state index in [1.807, 2.05) is 13.8 Å². The summed E-state index contributed by atoms with van der Waals surface area (Å²) in [5, 5.41) is 2.80. The van der Waals surface area contributed by atoms with Crippen molar-refractivity contribution in [2.24, 2.45) is 5.92 Å². The molecule has 0 aliphatic carbocycles. The summed E-state index contributed by atoms with van der Waals surface area (Å²) in [7, 11) is 0. The third kappa shape index (κ3) is 3.93. The first-order valence-corrected chi connectivity index (χ1v) is 6.35. The molecule has 90 valence electrons. The maximum Gasteiger partial charge on any atom is 0.252 e. The summed E-state index contributed by atoms with van der Waals surface area (Å²) in [5.74, 6) is 2.58. The number of amides is 1. The molecule has 1 atom stereocenters. The van der Waals surface area contributed by atoms with Crippen LogP contribution in [0.1, 0.15) is 24.2 Å². The number of rotatable bonds is 3. The molecule has 0 heterocycles. The molecule has 0 aromatic heterocycles. The molecular weight excluding hydrogens is 327 g/mol. The molecule has 1 unspecified atom stereocenters. The molecule has 0 saturated heterocycles. The molecule has 1 aromatic carbocycles. The zero-order valence-electron chi connectivity index (χ0n) is 9.83. The van der Waals surface area contributed by atoms with Crippen LogP contribution in [0.15, 0.2) is 18.2 Å². The number of benzene rings is 1. The second-order valence-corrected chi connectivity index (χ2v) is 5.38. The van der Waals surface area contributed by atoms with Gasteiger partial charge in [-0.15, -0.1) is 6.42 Å². The Kier molecular flexibility index (Phi) is 4.82. The van der Waals surface area contributed by atoms with Gasteiger partial charge in [0.1, 0.15) is 0 Å². The van der Waals surface area contributed by atoms with E-state index in [4.69, 9.17) is 12.2 Å². The number of nitrogens with two attached hydrogens (primary N) is 1. The Balaban J connectivity index is 2.87. The molecule has 0 aliphatic heterocycles. The maximum absolute atomic E-state index is 12.0. The van der Waals surface area contributed by atoms with Gasteiger partial charge in [-0.05, 0) is 46.7 Å². The monoisotopic (exact) mass is 342 g/mol. The average molecular weight is 342 g/mol. The summed E-state index contributed by atoms with van der Waals surface area (Å²) in [5.41, 5.74) is 6.81. The van der Waals surface area contributed by atoms with Crippen LogP contribution in [-0.2, 0) is 0 Å². The number of terminal acetylenes is 1. The lowest BCUT2D eigenvalue weighted by Gasteiger charge is -2.16. The van der Waals surface area contributed by atoms with Gasteiger partial charge in [0.25, 0.3) is 5.91 Å². The molecule has 0 aliphatic rings. The number of halogens is 1. The zero-order valence-corrected chi connectivity index (χ0v) is 12.0. The van der Waals surface area contributed by atoms with Crippen LogP contribution in [0.3, 0.4) is 0 Å². The molecule has 0 fully saturated rings. The van der Waals surface area contributed by atoms with Gasteiger partial charge in [-0.25, -0.2) is 0 Å². The van der Waals surface area contributed by atoms with Gasteiger partial charge in [0.05, 0.1) is 6.04 Å². The largest absolute Gasteiger partial charge is 0.399 e. The van der Waals surface area contributed by atoms with Gasteiger partial charge in [0.2, 0.25) is 0 Å². The molecule has 0 saturated carbocycles. The molecular formula is C13H15IN2O. The third-order valence-electron chi connectivity index (χ3n) is 2.32. The molecule has 0 bridgehead atoms. The van der Waals surface area contributed by atoms with Crippen molar-refractivity contribution in [2.45, 2.75) is 19.9 Å². The van der Waals surface area contributed by atoms with E-state index in [2.05, 4.69) is 33.8 Å². The smallest absolute Gasteiger partial charge is 0.252 e. The van der Waals surface area contributed by atoms with E-state index in [1.165, 1.54) is 0 Å². The van der Waals surface area contributed by atoms with Crippen LogP contribution >= 0.6 is 22.6 Å². The van der Waals surface area contributed by atoms with Crippen molar-refractivity contribution in [3.05, 3.63) is 27.3 Å². The number of hydrogen-bond acceptors (Lipinski definition) is 2. The topological polar surface area (TPSA) is 55.1 Å². The van der Waals surface area contributed by atoms with Crippen molar-refractivity contribution in [3.63, 3.8) is 0 Å². The minimum Gasteiger partial charge on any atom is -0.399 e. The number of carbonyl (C=O) groups is 1. The van der Waals surface area contributed by atoms with E-state index >= 15 is 0 Å².